The minimum atomic E-state index is -0.743. The molecule has 0 bridgehead atoms. The van der Waals surface area contributed by atoms with Crippen LogP contribution in [-0.2, 0) is 11.2 Å². The average Bonchev–Trinajstić information content (AvgIpc) is 2.24. The summed E-state index contributed by atoms with van der Waals surface area (Å²) < 4.78 is 18.7. The zero-order chi connectivity index (χ0) is 13.0. The third-order valence-electron chi connectivity index (χ3n) is 2.75. The highest BCUT2D eigenvalue weighted by Crippen LogP contribution is 2.19. The van der Waals surface area contributed by atoms with Crippen LogP contribution in [0, 0.1) is 11.7 Å². The number of hydrogen-bond acceptors (Lipinski definition) is 2. The molecule has 0 radical (unpaired) electrons. The van der Waals surface area contributed by atoms with Crippen LogP contribution in [0.4, 0.5) is 4.39 Å². The van der Waals surface area contributed by atoms with E-state index in [0.29, 0.717) is 10.6 Å². The van der Waals surface area contributed by atoms with Gasteiger partial charge >= 0.3 is 0 Å². The van der Waals surface area contributed by atoms with Crippen LogP contribution in [-0.4, -0.2) is 24.4 Å². The fourth-order valence-corrected chi connectivity index (χ4v) is 2.11. The van der Waals surface area contributed by atoms with Gasteiger partial charge in [-0.2, -0.15) is 0 Å². The molecule has 4 heteroatoms. The maximum atomic E-state index is 13.5. The van der Waals surface area contributed by atoms with Gasteiger partial charge in [-0.3, -0.25) is 0 Å². The molecule has 0 saturated heterocycles. The molecule has 1 rings (SSSR count). The predicted octanol–water partition coefficient (Wildman–Crippen LogP) is 3.05. The zero-order valence-corrected chi connectivity index (χ0v) is 11.0. The van der Waals surface area contributed by atoms with Gasteiger partial charge in [-0.15, -0.1) is 0 Å². The summed E-state index contributed by atoms with van der Waals surface area (Å²) in [4.78, 5) is 0. The third kappa shape index (κ3) is 3.95. The fraction of sp³-hybridized carbons (Fsp3) is 0.538. The summed E-state index contributed by atoms with van der Waals surface area (Å²) >= 11 is 5.80. The monoisotopic (exact) mass is 260 g/mol. The first-order valence-corrected chi connectivity index (χ1v) is 5.98. The quantitative estimate of drug-likeness (QED) is 0.882. The Morgan fingerprint density at radius 3 is 2.59 bits per heavy atom. The van der Waals surface area contributed by atoms with E-state index in [1.807, 2.05) is 13.8 Å². The molecule has 0 aliphatic heterocycles. The Morgan fingerprint density at radius 2 is 2.06 bits per heavy atom. The van der Waals surface area contributed by atoms with Gasteiger partial charge in [0.2, 0.25) is 0 Å². The summed E-state index contributed by atoms with van der Waals surface area (Å²) in [6, 6.07) is 4.33. The number of hydrogen-bond donors (Lipinski definition) is 1. The molecule has 2 atom stereocenters. The van der Waals surface area contributed by atoms with Crippen molar-refractivity contribution in [3.63, 3.8) is 0 Å². The van der Waals surface area contributed by atoms with E-state index in [9.17, 15) is 9.50 Å². The van der Waals surface area contributed by atoms with E-state index in [1.54, 1.807) is 7.11 Å². The first kappa shape index (κ1) is 14.4. The third-order valence-corrected chi connectivity index (χ3v) is 2.98. The molecule has 17 heavy (non-hydrogen) atoms. The van der Waals surface area contributed by atoms with E-state index in [2.05, 4.69) is 0 Å². The van der Waals surface area contributed by atoms with Crippen molar-refractivity contribution in [2.45, 2.75) is 32.5 Å². The number of benzene rings is 1. The zero-order valence-electron chi connectivity index (χ0n) is 10.3. The highest BCUT2D eigenvalue weighted by molar-refractivity contribution is 6.30. The average molecular weight is 261 g/mol. The van der Waals surface area contributed by atoms with Crippen LogP contribution in [0.15, 0.2) is 18.2 Å². The Balaban J connectivity index is 2.79. The van der Waals surface area contributed by atoms with E-state index < -0.39 is 6.10 Å². The van der Waals surface area contributed by atoms with Crippen LogP contribution in [0.25, 0.3) is 0 Å². The lowest BCUT2D eigenvalue weighted by Crippen LogP contribution is -2.34. The SMILES string of the molecule is COC(C(C)C)C(O)Cc1cc(Cl)ccc1F. The van der Waals surface area contributed by atoms with Gasteiger partial charge in [0.05, 0.1) is 12.2 Å². The Morgan fingerprint density at radius 1 is 1.41 bits per heavy atom. The summed E-state index contributed by atoms with van der Waals surface area (Å²) in [5.74, 6) is -0.190. The molecule has 0 saturated carbocycles. The van der Waals surface area contributed by atoms with Gasteiger partial charge in [0.25, 0.3) is 0 Å². The van der Waals surface area contributed by atoms with Crippen molar-refractivity contribution < 1.29 is 14.2 Å². The first-order valence-electron chi connectivity index (χ1n) is 5.60. The summed E-state index contributed by atoms with van der Waals surface area (Å²) in [6.45, 7) is 3.90. The normalized spacial score (nSPS) is 15.0. The second-order valence-corrected chi connectivity index (χ2v) is 4.89. The summed E-state index contributed by atoms with van der Waals surface area (Å²) in [7, 11) is 1.54. The molecule has 0 fully saturated rings. The highest BCUT2D eigenvalue weighted by atomic mass is 35.5. The molecule has 0 amide bonds. The van der Waals surface area contributed by atoms with Gasteiger partial charge < -0.3 is 9.84 Å². The second kappa shape index (κ2) is 6.34. The number of aliphatic hydroxyl groups excluding tert-OH is 1. The molecular weight excluding hydrogens is 243 g/mol. The molecule has 0 heterocycles. The minimum Gasteiger partial charge on any atom is -0.390 e. The molecule has 1 aromatic rings. The van der Waals surface area contributed by atoms with E-state index in [4.69, 9.17) is 16.3 Å². The Hall–Kier alpha value is -0.640. The molecule has 1 N–H and O–H groups in total. The Bertz CT molecular complexity index is 368. The van der Waals surface area contributed by atoms with Gasteiger partial charge in [0.15, 0.2) is 0 Å². The number of methoxy groups -OCH3 is 1. The fourth-order valence-electron chi connectivity index (χ4n) is 1.91. The van der Waals surface area contributed by atoms with Crippen LogP contribution < -0.4 is 0 Å². The maximum Gasteiger partial charge on any atom is 0.126 e. The smallest absolute Gasteiger partial charge is 0.126 e. The maximum absolute atomic E-state index is 13.5. The molecule has 0 spiro atoms. The molecular formula is C13H18ClFO2. The van der Waals surface area contributed by atoms with E-state index >= 15 is 0 Å². The lowest BCUT2D eigenvalue weighted by Gasteiger charge is -2.25. The van der Waals surface area contributed by atoms with Crippen molar-refractivity contribution in [2.75, 3.05) is 7.11 Å². The van der Waals surface area contributed by atoms with Gasteiger partial charge in [0.1, 0.15) is 5.82 Å². The van der Waals surface area contributed by atoms with Crippen LogP contribution in [0.5, 0.6) is 0 Å². The summed E-state index contributed by atoms with van der Waals surface area (Å²) in [6.07, 6.45) is -0.857. The second-order valence-electron chi connectivity index (χ2n) is 4.45. The van der Waals surface area contributed by atoms with Gasteiger partial charge in [-0.05, 0) is 29.7 Å². The minimum absolute atomic E-state index is 0.164. The van der Waals surface area contributed by atoms with E-state index in [1.165, 1.54) is 18.2 Å². The van der Waals surface area contributed by atoms with Crippen molar-refractivity contribution in [1.82, 2.24) is 0 Å². The van der Waals surface area contributed by atoms with Crippen LogP contribution in [0.1, 0.15) is 19.4 Å². The van der Waals surface area contributed by atoms with E-state index in [0.717, 1.165) is 0 Å². The molecule has 2 unspecified atom stereocenters. The number of ether oxygens (including phenoxy) is 1. The summed E-state index contributed by atoms with van der Waals surface area (Å²) in [5, 5.41) is 10.5. The molecule has 0 aromatic heterocycles. The Labute approximate surface area is 106 Å². The number of halogens is 2. The Kier molecular flexibility index (Phi) is 5.37. The number of rotatable bonds is 5. The van der Waals surface area contributed by atoms with Crippen LogP contribution in [0.3, 0.4) is 0 Å². The van der Waals surface area contributed by atoms with Crippen LogP contribution >= 0.6 is 11.6 Å². The van der Waals surface area contributed by atoms with Gasteiger partial charge in [0, 0.05) is 18.6 Å². The van der Waals surface area contributed by atoms with Gasteiger partial charge in [-0.1, -0.05) is 25.4 Å². The molecule has 0 aliphatic carbocycles. The molecule has 0 aliphatic rings. The predicted molar refractivity (Wildman–Crippen MR) is 66.8 cm³/mol. The van der Waals surface area contributed by atoms with Gasteiger partial charge in [-0.25, -0.2) is 4.39 Å². The lowest BCUT2D eigenvalue weighted by atomic mass is 9.96. The number of aliphatic hydroxyl groups is 1. The van der Waals surface area contributed by atoms with Crippen molar-refractivity contribution in [1.29, 1.82) is 0 Å². The van der Waals surface area contributed by atoms with E-state index in [-0.39, 0.29) is 24.3 Å². The molecule has 1 aromatic carbocycles. The van der Waals surface area contributed by atoms with Crippen molar-refractivity contribution in [3.8, 4) is 0 Å². The topological polar surface area (TPSA) is 29.5 Å². The van der Waals surface area contributed by atoms with Crippen molar-refractivity contribution in [2.24, 2.45) is 5.92 Å². The summed E-state index contributed by atoms with van der Waals surface area (Å²) in [5.41, 5.74) is 0.410. The lowest BCUT2D eigenvalue weighted by molar-refractivity contribution is -0.0370. The van der Waals surface area contributed by atoms with Crippen molar-refractivity contribution in [3.05, 3.63) is 34.6 Å². The molecule has 2 nitrogen and oxygen atoms in total. The first-order chi connectivity index (χ1) is 7.95. The molecule has 96 valence electrons. The highest BCUT2D eigenvalue weighted by Gasteiger charge is 2.23. The van der Waals surface area contributed by atoms with Crippen LogP contribution in [0.2, 0.25) is 5.02 Å². The standard InChI is InChI=1S/C13H18ClFO2/c1-8(2)13(17-3)12(16)7-9-6-10(14)4-5-11(9)15/h4-6,8,12-13,16H,7H2,1-3H3. The van der Waals surface area contributed by atoms with Crippen molar-refractivity contribution >= 4 is 11.6 Å². The largest absolute Gasteiger partial charge is 0.390 e.